The van der Waals surface area contributed by atoms with Gasteiger partial charge in [-0.2, -0.15) is 4.31 Å². The van der Waals surface area contributed by atoms with Crippen molar-refractivity contribution < 1.29 is 16.8 Å². The van der Waals surface area contributed by atoms with Gasteiger partial charge in [0.25, 0.3) is 0 Å². The monoisotopic (exact) mass is 365 g/mol. The molecule has 2 saturated heterocycles. The van der Waals surface area contributed by atoms with Crippen molar-refractivity contribution in [2.75, 3.05) is 12.3 Å². The van der Waals surface area contributed by atoms with Crippen molar-refractivity contribution in [2.45, 2.75) is 22.6 Å². The first kappa shape index (κ1) is 13.5. The van der Waals surface area contributed by atoms with Crippen molar-refractivity contribution in [3.05, 3.63) is 28.7 Å². The minimum Gasteiger partial charge on any atom is -0.228 e. The highest BCUT2D eigenvalue weighted by Crippen LogP contribution is 2.36. The van der Waals surface area contributed by atoms with E-state index in [9.17, 15) is 16.8 Å². The topological polar surface area (TPSA) is 71.5 Å². The molecule has 0 aliphatic carbocycles. The van der Waals surface area contributed by atoms with Crippen LogP contribution < -0.4 is 0 Å². The Balaban J connectivity index is 1.94. The maximum absolute atomic E-state index is 12.5. The molecule has 104 valence electrons. The lowest BCUT2D eigenvalue weighted by molar-refractivity contribution is 0.402. The molecule has 0 N–H and O–H groups in total. The summed E-state index contributed by atoms with van der Waals surface area (Å²) in [6.07, 6.45) is 0.429. The lowest BCUT2D eigenvalue weighted by atomic mass is 10.3. The van der Waals surface area contributed by atoms with E-state index in [4.69, 9.17) is 0 Å². The number of fused-ring (bicyclic) bond motifs is 2. The van der Waals surface area contributed by atoms with Crippen LogP contribution in [0.2, 0.25) is 0 Å². The fraction of sp³-hybridized carbons (Fsp3) is 0.455. The maximum Gasteiger partial charge on any atom is 0.243 e. The molecule has 0 radical (unpaired) electrons. The molecule has 2 fully saturated rings. The van der Waals surface area contributed by atoms with Gasteiger partial charge in [0.05, 0.1) is 15.9 Å². The molecular formula is C11H12BrNO4S2. The second-order valence-corrected chi connectivity index (χ2v) is 10.0. The zero-order valence-electron chi connectivity index (χ0n) is 9.86. The molecule has 1 aromatic rings. The van der Waals surface area contributed by atoms with Gasteiger partial charge in [0.15, 0.2) is 9.84 Å². The van der Waals surface area contributed by atoms with E-state index in [0.29, 0.717) is 6.42 Å². The Kier molecular flexibility index (Phi) is 3.05. The molecule has 2 aliphatic rings. The van der Waals surface area contributed by atoms with Gasteiger partial charge in [-0.15, -0.1) is 0 Å². The van der Waals surface area contributed by atoms with Crippen LogP contribution >= 0.6 is 15.9 Å². The average Bonchev–Trinajstić information content (AvgIpc) is 2.85. The Morgan fingerprint density at radius 3 is 2.32 bits per heavy atom. The molecule has 0 saturated carbocycles. The fourth-order valence-corrected chi connectivity index (χ4v) is 6.86. The molecule has 0 aromatic heterocycles. The Labute approximate surface area is 120 Å². The Bertz CT molecular complexity index is 712. The molecule has 1 aromatic carbocycles. The van der Waals surface area contributed by atoms with Crippen LogP contribution in [-0.2, 0) is 19.9 Å². The van der Waals surface area contributed by atoms with Gasteiger partial charge in [-0.3, -0.25) is 0 Å². The summed E-state index contributed by atoms with van der Waals surface area (Å²) in [7, 11) is -6.67. The molecule has 2 unspecified atom stereocenters. The van der Waals surface area contributed by atoms with E-state index in [-0.39, 0.29) is 17.2 Å². The number of hydrogen-bond acceptors (Lipinski definition) is 4. The maximum atomic E-state index is 12.5. The molecule has 0 amide bonds. The molecule has 2 bridgehead atoms. The molecule has 2 heterocycles. The van der Waals surface area contributed by atoms with Crippen molar-refractivity contribution in [3.8, 4) is 0 Å². The lowest BCUT2D eigenvalue weighted by Crippen LogP contribution is -2.43. The van der Waals surface area contributed by atoms with Gasteiger partial charge in [0.1, 0.15) is 0 Å². The SMILES string of the molecule is O=S1(=O)CC2CC1CN2S(=O)(=O)c1ccc(Br)cc1. The summed E-state index contributed by atoms with van der Waals surface area (Å²) in [4.78, 5) is 0.209. The van der Waals surface area contributed by atoms with Crippen LogP contribution in [0.15, 0.2) is 33.6 Å². The summed E-state index contributed by atoms with van der Waals surface area (Å²) < 4.78 is 50.4. The van der Waals surface area contributed by atoms with E-state index in [1.807, 2.05) is 0 Å². The summed E-state index contributed by atoms with van der Waals surface area (Å²) in [6.45, 7) is 0.0887. The highest BCUT2D eigenvalue weighted by molar-refractivity contribution is 9.10. The molecule has 2 atom stereocenters. The van der Waals surface area contributed by atoms with Crippen molar-refractivity contribution >= 4 is 35.8 Å². The third-order valence-corrected chi connectivity index (χ3v) is 8.35. The smallest absolute Gasteiger partial charge is 0.228 e. The quantitative estimate of drug-likeness (QED) is 0.783. The molecule has 2 aliphatic heterocycles. The van der Waals surface area contributed by atoms with Gasteiger partial charge in [0, 0.05) is 17.1 Å². The molecule has 3 rings (SSSR count). The van der Waals surface area contributed by atoms with Crippen LogP contribution in [0.4, 0.5) is 0 Å². The van der Waals surface area contributed by atoms with Gasteiger partial charge in [0.2, 0.25) is 10.0 Å². The van der Waals surface area contributed by atoms with E-state index in [1.165, 1.54) is 16.4 Å². The van der Waals surface area contributed by atoms with Gasteiger partial charge in [-0.1, -0.05) is 15.9 Å². The number of sulfonamides is 1. The number of rotatable bonds is 2. The zero-order chi connectivity index (χ0) is 13.8. The standard InChI is InChI=1S/C11H12BrNO4S2/c12-8-1-3-10(4-2-8)19(16,17)13-6-11-5-9(13)7-18(11,14)15/h1-4,9,11H,5-7H2. The van der Waals surface area contributed by atoms with Gasteiger partial charge >= 0.3 is 0 Å². The van der Waals surface area contributed by atoms with Crippen LogP contribution in [0.25, 0.3) is 0 Å². The van der Waals surface area contributed by atoms with E-state index < -0.39 is 31.2 Å². The molecule has 8 heteroatoms. The molecule has 19 heavy (non-hydrogen) atoms. The minimum absolute atomic E-state index is 0.0482. The van der Waals surface area contributed by atoms with E-state index in [2.05, 4.69) is 15.9 Å². The first-order valence-corrected chi connectivity index (χ1v) is 9.74. The van der Waals surface area contributed by atoms with Crippen LogP contribution in [-0.4, -0.2) is 44.7 Å². The average molecular weight is 366 g/mol. The van der Waals surface area contributed by atoms with Crippen LogP contribution in [0.5, 0.6) is 0 Å². The number of benzene rings is 1. The number of nitrogens with zero attached hydrogens (tertiary/aromatic N) is 1. The summed E-state index contributed by atoms with van der Waals surface area (Å²) in [5, 5.41) is -0.525. The van der Waals surface area contributed by atoms with E-state index in [0.717, 1.165) is 4.47 Å². The highest BCUT2D eigenvalue weighted by Gasteiger charge is 2.52. The van der Waals surface area contributed by atoms with Gasteiger partial charge in [-0.25, -0.2) is 16.8 Å². The van der Waals surface area contributed by atoms with Crippen LogP contribution in [0.1, 0.15) is 6.42 Å². The summed E-state index contributed by atoms with van der Waals surface area (Å²) in [5.41, 5.74) is 0. The Hall–Kier alpha value is -0.440. The first-order valence-electron chi connectivity index (χ1n) is 5.80. The predicted molar refractivity (Wildman–Crippen MR) is 74.0 cm³/mol. The lowest BCUT2D eigenvalue weighted by Gasteiger charge is -2.26. The van der Waals surface area contributed by atoms with Gasteiger partial charge in [-0.05, 0) is 30.7 Å². The second kappa shape index (κ2) is 4.28. The summed E-state index contributed by atoms with van der Waals surface area (Å²) >= 11 is 3.26. The first-order chi connectivity index (χ1) is 8.80. The van der Waals surface area contributed by atoms with Gasteiger partial charge < -0.3 is 0 Å². The van der Waals surface area contributed by atoms with Crippen LogP contribution in [0, 0.1) is 0 Å². The highest BCUT2D eigenvalue weighted by atomic mass is 79.9. The van der Waals surface area contributed by atoms with Crippen molar-refractivity contribution in [3.63, 3.8) is 0 Å². The summed E-state index contributed by atoms with van der Waals surface area (Å²) in [5.74, 6) is -0.0482. The number of hydrogen-bond donors (Lipinski definition) is 0. The van der Waals surface area contributed by atoms with E-state index >= 15 is 0 Å². The minimum atomic E-state index is -3.59. The third-order valence-electron chi connectivity index (χ3n) is 3.68. The van der Waals surface area contributed by atoms with Crippen molar-refractivity contribution in [2.24, 2.45) is 0 Å². The fourth-order valence-electron chi connectivity index (χ4n) is 2.70. The second-order valence-electron chi connectivity index (χ2n) is 4.87. The Morgan fingerprint density at radius 1 is 1.21 bits per heavy atom. The Morgan fingerprint density at radius 2 is 1.84 bits per heavy atom. The van der Waals surface area contributed by atoms with Crippen molar-refractivity contribution in [1.29, 1.82) is 0 Å². The zero-order valence-corrected chi connectivity index (χ0v) is 13.1. The summed E-state index contributed by atoms with van der Waals surface area (Å²) in [6, 6.07) is 5.99. The number of halogens is 1. The van der Waals surface area contributed by atoms with Crippen LogP contribution in [0.3, 0.4) is 0 Å². The normalized spacial score (nSPS) is 29.7. The molecule has 0 spiro atoms. The molecule has 5 nitrogen and oxygen atoms in total. The van der Waals surface area contributed by atoms with Crippen molar-refractivity contribution in [1.82, 2.24) is 4.31 Å². The predicted octanol–water partition coefficient (Wildman–Crippen LogP) is 1.01. The molecular weight excluding hydrogens is 354 g/mol. The largest absolute Gasteiger partial charge is 0.243 e. The number of sulfone groups is 1. The van der Waals surface area contributed by atoms with E-state index in [1.54, 1.807) is 12.1 Å². The third kappa shape index (κ3) is 2.14.